The highest BCUT2D eigenvalue weighted by atomic mass is 16.6. The van der Waals surface area contributed by atoms with Gasteiger partial charge in [-0.25, -0.2) is 4.79 Å². The quantitative estimate of drug-likeness (QED) is 0.144. The van der Waals surface area contributed by atoms with E-state index in [9.17, 15) is 19.2 Å². The lowest BCUT2D eigenvalue weighted by Gasteiger charge is -2.27. The third-order valence-electron chi connectivity index (χ3n) is 3.87. The van der Waals surface area contributed by atoms with Gasteiger partial charge in [0.05, 0.1) is 26.4 Å². The maximum absolute atomic E-state index is 12.6. The Kier molecular flexibility index (Phi) is 12.6. The number of hydrogen-bond acceptors (Lipinski definition) is 8. The molecule has 160 valence electrons. The topological polar surface area (TPSA) is 105 Å². The molecule has 0 aliphatic carbocycles. The smallest absolute Gasteiger partial charge is 0.335 e. The van der Waals surface area contributed by atoms with Crippen molar-refractivity contribution in [2.24, 2.45) is 5.41 Å². The van der Waals surface area contributed by atoms with Crippen LogP contribution in [-0.4, -0.2) is 50.3 Å². The van der Waals surface area contributed by atoms with Gasteiger partial charge in [-0.15, -0.1) is 0 Å². The Morgan fingerprint density at radius 2 is 1.18 bits per heavy atom. The van der Waals surface area contributed by atoms with E-state index in [1.54, 1.807) is 0 Å². The van der Waals surface area contributed by atoms with Gasteiger partial charge in [-0.1, -0.05) is 32.8 Å². The van der Waals surface area contributed by atoms with Gasteiger partial charge in [0.25, 0.3) is 5.41 Å². The Labute approximate surface area is 166 Å². The minimum atomic E-state index is -2.46. The van der Waals surface area contributed by atoms with Crippen LogP contribution in [0.25, 0.3) is 0 Å². The van der Waals surface area contributed by atoms with Crippen LogP contribution in [0.15, 0.2) is 12.2 Å². The second-order valence-electron chi connectivity index (χ2n) is 6.04. The molecule has 0 saturated carbocycles. The number of carbonyl (C=O) groups excluding carboxylic acids is 4. The lowest BCUT2D eigenvalue weighted by molar-refractivity contribution is -0.183. The summed E-state index contributed by atoms with van der Waals surface area (Å²) in [5, 5.41) is 0. The van der Waals surface area contributed by atoms with E-state index in [-0.39, 0.29) is 32.0 Å². The predicted octanol–water partition coefficient (Wildman–Crippen LogP) is 2.73. The first-order valence-corrected chi connectivity index (χ1v) is 9.68. The van der Waals surface area contributed by atoms with Crippen molar-refractivity contribution in [3.05, 3.63) is 12.2 Å². The monoisotopic (exact) mass is 400 g/mol. The van der Waals surface area contributed by atoms with E-state index in [0.29, 0.717) is 6.42 Å². The summed E-state index contributed by atoms with van der Waals surface area (Å²) in [5.41, 5.74) is -2.68. The van der Waals surface area contributed by atoms with Gasteiger partial charge < -0.3 is 18.9 Å². The molecule has 0 aliphatic heterocycles. The number of rotatable bonds is 14. The van der Waals surface area contributed by atoms with Crippen molar-refractivity contribution in [1.29, 1.82) is 0 Å². The van der Waals surface area contributed by atoms with E-state index < -0.39 is 35.7 Å². The molecule has 8 heteroatoms. The number of ether oxygens (including phenoxy) is 4. The van der Waals surface area contributed by atoms with Crippen molar-refractivity contribution in [1.82, 2.24) is 0 Å². The van der Waals surface area contributed by atoms with Crippen LogP contribution < -0.4 is 0 Å². The van der Waals surface area contributed by atoms with Gasteiger partial charge in [0.15, 0.2) is 0 Å². The number of esters is 4. The SMILES string of the molecule is C=C(CC(C(=O)OCC)(C(=O)OCC)C(=O)OCC)C(=O)OCCCCCC. The molecular formula is C20H32O8. The van der Waals surface area contributed by atoms with Crippen molar-refractivity contribution in [2.45, 2.75) is 59.8 Å². The van der Waals surface area contributed by atoms with Crippen LogP contribution >= 0.6 is 0 Å². The van der Waals surface area contributed by atoms with Crippen LogP contribution in [0, 0.1) is 5.41 Å². The summed E-state index contributed by atoms with van der Waals surface area (Å²) in [7, 11) is 0. The number of hydrogen-bond donors (Lipinski definition) is 0. The molecule has 0 saturated heterocycles. The fourth-order valence-corrected chi connectivity index (χ4v) is 2.42. The molecule has 0 spiro atoms. The summed E-state index contributed by atoms with van der Waals surface area (Å²) in [6.45, 7) is 10.2. The van der Waals surface area contributed by atoms with Gasteiger partial charge in [-0.05, 0) is 27.2 Å². The average Bonchev–Trinajstić information content (AvgIpc) is 2.65. The van der Waals surface area contributed by atoms with E-state index in [0.717, 1.165) is 19.3 Å². The molecule has 8 nitrogen and oxygen atoms in total. The first kappa shape index (κ1) is 25.6. The van der Waals surface area contributed by atoms with Crippen molar-refractivity contribution < 1.29 is 38.1 Å². The highest BCUT2D eigenvalue weighted by Crippen LogP contribution is 2.32. The summed E-state index contributed by atoms with van der Waals surface area (Å²) in [6.07, 6.45) is 3.02. The van der Waals surface area contributed by atoms with E-state index in [1.807, 2.05) is 0 Å². The first-order valence-electron chi connectivity index (χ1n) is 9.68. The molecular weight excluding hydrogens is 368 g/mol. The van der Waals surface area contributed by atoms with E-state index >= 15 is 0 Å². The van der Waals surface area contributed by atoms with Crippen molar-refractivity contribution in [3.8, 4) is 0 Å². The van der Waals surface area contributed by atoms with Crippen molar-refractivity contribution in [3.63, 3.8) is 0 Å². The highest BCUT2D eigenvalue weighted by molar-refractivity contribution is 6.18. The second-order valence-corrected chi connectivity index (χ2v) is 6.04. The van der Waals surface area contributed by atoms with Gasteiger partial charge in [-0.3, -0.25) is 14.4 Å². The molecule has 0 aromatic rings. The van der Waals surface area contributed by atoms with Gasteiger partial charge in [0, 0.05) is 12.0 Å². The van der Waals surface area contributed by atoms with Crippen LogP contribution in [0.4, 0.5) is 0 Å². The number of carbonyl (C=O) groups is 4. The zero-order chi connectivity index (χ0) is 21.6. The Bertz CT molecular complexity index is 507. The van der Waals surface area contributed by atoms with Crippen LogP contribution in [-0.2, 0) is 38.1 Å². The fraction of sp³-hybridized carbons (Fsp3) is 0.700. The maximum atomic E-state index is 12.6. The van der Waals surface area contributed by atoms with E-state index in [1.165, 1.54) is 20.8 Å². The lowest BCUT2D eigenvalue weighted by atomic mass is 9.81. The fourth-order valence-electron chi connectivity index (χ4n) is 2.42. The summed E-state index contributed by atoms with van der Waals surface area (Å²) >= 11 is 0. The molecule has 0 heterocycles. The molecule has 28 heavy (non-hydrogen) atoms. The van der Waals surface area contributed by atoms with Gasteiger partial charge in [0.1, 0.15) is 0 Å². The third kappa shape index (κ3) is 7.32. The molecule has 0 fully saturated rings. The molecule has 0 radical (unpaired) electrons. The lowest BCUT2D eigenvalue weighted by Crippen LogP contribution is -2.50. The largest absolute Gasteiger partial charge is 0.465 e. The highest BCUT2D eigenvalue weighted by Gasteiger charge is 2.58. The molecule has 0 aromatic heterocycles. The van der Waals surface area contributed by atoms with Crippen LogP contribution in [0.5, 0.6) is 0 Å². The van der Waals surface area contributed by atoms with Crippen molar-refractivity contribution >= 4 is 23.9 Å². The van der Waals surface area contributed by atoms with Crippen LogP contribution in [0.2, 0.25) is 0 Å². The molecule has 0 atom stereocenters. The minimum absolute atomic E-state index is 0.0757. The molecule has 0 aliphatic rings. The van der Waals surface area contributed by atoms with Crippen LogP contribution in [0.1, 0.15) is 59.8 Å². The molecule has 0 unspecified atom stereocenters. The molecule has 0 rings (SSSR count). The van der Waals surface area contributed by atoms with E-state index in [2.05, 4.69) is 13.5 Å². The van der Waals surface area contributed by atoms with Crippen LogP contribution in [0.3, 0.4) is 0 Å². The molecule has 0 amide bonds. The maximum Gasteiger partial charge on any atom is 0.335 e. The Balaban J connectivity index is 5.50. The first-order chi connectivity index (χ1) is 13.3. The summed E-state index contributed by atoms with van der Waals surface area (Å²) in [4.78, 5) is 49.9. The average molecular weight is 400 g/mol. The zero-order valence-electron chi connectivity index (χ0n) is 17.3. The Hall–Kier alpha value is -2.38. The predicted molar refractivity (Wildman–Crippen MR) is 101 cm³/mol. The number of unbranched alkanes of at least 4 members (excludes halogenated alkanes) is 3. The third-order valence-corrected chi connectivity index (χ3v) is 3.87. The van der Waals surface area contributed by atoms with Gasteiger partial charge >= 0.3 is 23.9 Å². The minimum Gasteiger partial charge on any atom is -0.465 e. The van der Waals surface area contributed by atoms with Gasteiger partial charge in [-0.2, -0.15) is 0 Å². The Morgan fingerprint density at radius 1 is 0.714 bits per heavy atom. The second kappa shape index (κ2) is 13.7. The Morgan fingerprint density at radius 3 is 1.57 bits per heavy atom. The molecule has 0 N–H and O–H groups in total. The molecule has 0 aromatic carbocycles. The standard InChI is InChI=1S/C20H32O8/c1-6-10-11-12-13-28-16(21)15(5)14-20(17(22)25-7-2,18(23)26-8-3)19(24)27-9-4/h5-14H2,1-4H3. The molecule has 0 bridgehead atoms. The summed E-state index contributed by atoms with van der Waals surface area (Å²) < 4.78 is 19.9. The summed E-state index contributed by atoms with van der Waals surface area (Å²) in [5.74, 6) is -4.24. The normalized spacial score (nSPS) is 10.7. The van der Waals surface area contributed by atoms with Gasteiger partial charge in [0.2, 0.25) is 0 Å². The zero-order valence-corrected chi connectivity index (χ0v) is 17.3. The van der Waals surface area contributed by atoms with E-state index in [4.69, 9.17) is 18.9 Å². The summed E-state index contributed by atoms with van der Waals surface area (Å²) in [6, 6.07) is 0. The van der Waals surface area contributed by atoms with Crippen molar-refractivity contribution in [2.75, 3.05) is 26.4 Å².